The second-order valence-corrected chi connectivity index (χ2v) is 4.76. The van der Waals surface area contributed by atoms with Crippen molar-refractivity contribution in [3.05, 3.63) is 0 Å². The number of aliphatic imine (C=N–C) groups is 1. The standard InChI is InChI=1S/C9H16N2S/c1-2-4-8(3-1)12-7-9-10-5-6-11-9/h8H,1-7H2,(H,10,11). The lowest BCUT2D eigenvalue weighted by molar-refractivity contribution is 0.886. The van der Waals surface area contributed by atoms with Crippen molar-refractivity contribution >= 4 is 17.6 Å². The smallest absolute Gasteiger partial charge is 0.106 e. The molecule has 68 valence electrons. The molecular formula is C9H16N2S. The van der Waals surface area contributed by atoms with Crippen LogP contribution in [0.15, 0.2) is 4.99 Å². The molecule has 12 heavy (non-hydrogen) atoms. The van der Waals surface area contributed by atoms with Gasteiger partial charge in [0, 0.05) is 11.8 Å². The molecule has 0 amide bonds. The van der Waals surface area contributed by atoms with Crippen molar-refractivity contribution in [2.45, 2.75) is 30.9 Å². The molecular weight excluding hydrogens is 168 g/mol. The number of nitrogens with one attached hydrogen (secondary N) is 1. The number of thioether (sulfide) groups is 1. The fourth-order valence-corrected chi connectivity index (χ4v) is 3.05. The molecule has 0 bridgehead atoms. The first-order valence-corrected chi connectivity index (χ1v) is 5.89. The Bertz CT molecular complexity index is 173. The number of hydrogen-bond acceptors (Lipinski definition) is 3. The van der Waals surface area contributed by atoms with Gasteiger partial charge in [-0.1, -0.05) is 12.8 Å². The highest BCUT2D eigenvalue weighted by Gasteiger charge is 2.16. The molecule has 2 rings (SSSR count). The van der Waals surface area contributed by atoms with Gasteiger partial charge in [-0.05, 0) is 12.8 Å². The average molecular weight is 184 g/mol. The minimum absolute atomic E-state index is 0.926. The highest BCUT2D eigenvalue weighted by Crippen LogP contribution is 2.29. The van der Waals surface area contributed by atoms with Crippen molar-refractivity contribution in [2.24, 2.45) is 4.99 Å². The number of nitrogens with zero attached hydrogens (tertiary/aromatic N) is 1. The number of amidine groups is 1. The maximum atomic E-state index is 4.38. The molecule has 0 atom stereocenters. The number of rotatable bonds is 3. The van der Waals surface area contributed by atoms with Crippen molar-refractivity contribution in [3.63, 3.8) is 0 Å². The molecule has 1 aliphatic heterocycles. The molecule has 0 spiro atoms. The Morgan fingerprint density at radius 3 is 2.92 bits per heavy atom. The van der Waals surface area contributed by atoms with Crippen molar-refractivity contribution in [1.29, 1.82) is 0 Å². The highest BCUT2D eigenvalue weighted by molar-refractivity contribution is 8.00. The zero-order valence-corrected chi connectivity index (χ0v) is 8.20. The Hall–Kier alpha value is -0.180. The van der Waals surface area contributed by atoms with E-state index in [-0.39, 0.29) is 0 Å². The van der Waals surface area contributed by atoms with E-state index in [4.69, 9.17) is 0 Å². The van der Waals surface area contributed by atoms with E-state index in [1.54, 1.807) is 0 Å². The second-order valence-electron chi connectivity index (χ2n) is 3.47. The molecule has 0 aromatic rings. The van der Waals surface area contributed by atoms with Gasteiger partial charge in [0.05, 0.1) is 12.3 Å². The van der Waals surface area contributed by atoms with Crippen LogP contribution in [-0.4, -0.2) is 29.9 Å². The SMILES string of the molecule is C1CCC(SCC2=NCCN2)C1. The lowest BCUT2D eigenvalue weighted by Gasteiger charge is -2.08. The molecule has 1 saturated carbocycles. The average Bonchev–Trinajstić information content (AvgIpc) is 2.74. The van der Waals surface area contributed by atoms with Crippen molar-refractivity contribution < 1.29 is 0 Å². The highest BCUT2D eigenvalue weighted by atomic mass is 32.2. The first-order valence-electron chi connectivity index (χ1n) is 4.84. The number of hydrogen-bond donors (Lipinski definition) is 1. The lowest BCUT2D eigenvalue weighted by atomic mass is 10.4. The van der Waals surface area contributed by atoms with Crippen molar-refractivity contribution in [1.82, 2.24) is 5.32 Å². The van der Waals surface area contributed by atoms with E-state index >= 15 is 0 Å². The summed E-state index contributed by atoms with van der Waals surface area (Å²) in [6.45, 7) is 2.04. The lowest BCUT2D eigenvalue weighted by Crippen LogP contribution is -2.21. The van der Waals surface area contributed by atoms with Crippen LogP contribution in [0.5, 0.6) is 0 Å². The summed E-state index contributed by atoms with van der Waals surface area (Å²) in [5.74, 6) is 2.34. The van der Waals surface area contributed by atoms with Crippen LogP contribution in [0.2, 0.25) is 0 Å². The van der Waals surface area contributed by atoms with Gasteiger partial charge in [-0.25, -0.2) is 0 Å². The van der Waals surface area contributed by atoms with E-state index in [1.165, 1.54) is 31.5 Å². The summed E-state index contributed by atoms with van der Waals surface area (Å²) in [6.07, 6.45) is 5.74. The monoisotopic (exact) mass is 184 g/mol. The van der Waals surface area contributed by atoms with Gasteiger partial charge in [-0.3, -0.25) is 4.99 Å². The van der Waals surface area contributed by atoms with Crippen molar-refractivity contribution in [2.75, 3.05) is 18.8 Å². The van der Waals surface area contributed by atoms with E-state index in [2.05, 4.69) is 22.1 Å². The van der Waals surface area contributed by atoms with E-state index in [0.29, 0.717) is 0 Å². The minimum atomic E-state index is 0.926. The fraction of sp³-hybridized carbons (Fsp3) is 0.889. The predicted octanol–water partition coefficient (Wildman–Crippen LogP) is 1.66. The van der Waals surface area contributed by atoms with Gasteiger partial charge < -0.3 is 5.32 Å². The maximum Gasteiger partial charge on any atom is 0.106 e. The molecule has 3 heteroatoms. The van der Waals surface area contributed by atoms with E-state index < -0.39 is 0 Å². The summed E-state index contributed by atoms with van der Waals surface area (Å²) in [4.78, 5) is 4.38. The van der Waals surface area contributed by atoms with Crippen LogP contribution >= 0.6 is 11.8 Å². The third-order valence-electron chi connectivity index (χ3n) is 2.50. The summed E-state index contributed by atoms with van der Waals surface area (Å²) in [5.41, 5.74) is 0. The van der Waals surface area contributed by atoms with Crippen LogP contribution < -0.4 is 5.32 Å². The Morgan fingerprint density at radius 1 is 1.42 bits per heavy atom. The van der Waals surface area contributed by atoms with Crippen LogP contribution in [0.3, 0.4) is 0 Å². The molecule has 0 radical (unpaired) electrons. The molecule has 1 fully saturated rings. The van der Waals surface area contributed by atoms with Gasteiger partial charge in [0.25, 0.3) is 0 Å². The van der Waals surface area contributed by atoms with Crippen LogP contribution in [0, 0.1) is 0 Å². The summed E-state index contributed by atoms with van der Waals surface area (Å²) in [7, 11) is 0. The maximum absolute atomic E-state index is 4.38. The predicted molar refractivity (Wildman–Crippen MR) is 55.0 cm³/mol. The summed E-state index contributed by atoms with van der Waals surface area (Å²) in [6, 6.07) is 0. The van der Waals surface area contributed by atoms with E-state index in [9.17, 15) is 0 Å². The summed E-state index contributed by atoms with van der Waals surface area (Å²) in [5, 5.41) is 4.24. The minimum Gasteiger partial charge on any atom is -0.371 e. The third kappa shape index (κ3) is 2.16. The van der Waals surface area contributed by atoms with Crippen LogP contribution in [0.1, 0.15) is 25.7 Å². The zero-order valence-electron chi connectivity index (χ0n) is 7.38. The molecule has 0 saturated heterocycles. The quantitative estimate of drug-likeness (QED) is 0.721. The van der Waals surface area contributed by atoms with E-state index in [1.807, 2.05) is 0 Å². The van der Waals surface area contributed by atoms with Crippen LogP contribution in [0.4, 0.5) is 0 Å². The van der Waals surface area contributed by atoms with Gasteiger partial charge in [0.2, 0.25) is 0 Å². The Kier molecular flexibility index (Phi) is 2.93. The molecule has 2 aliphatic rings. The molecule has 0 aromatic heterocycles. The largest absolute Gasteiger partial charge is 0.371 e. The normalized spacial score (nSPS) is 24.2. The third-order valence-corrected chi connectivity index (χ3v) is 3.88. The van der Waals surface area contributed by atoms with Gasteiger partial charge >= 0.3 is 0 Å². The molecule has 0 unspecified atom stereocenters. The topological polar surface area (TPSA) is 24.4 Å². The Morgan fingerprint density at radius 2 is 2.25 bits per heavy atom. The Balaban J connectivity index is 1.67. The van der Waals surface area contributed by atoms with Crippen molar-refractivity contribution in [3.8, 4) is 0 Å². The van der Waals surface area contributed by atoms with Crippen LogP contribution in [0.25, 0.3) is 0 Å². The van der Waals surface area contributed by atoms with Gasteiger partial charge in [-0.2, -0.15) is 11.8 Å². The van der Waals surface area contributed by atoms with Gasteiger partial charge in [0.1, 0.15) is 5.84 Å². The molecule has 0 aromatic carbocycles. The van der Waals surface area contributed by atoms with Gasteiger partial charge in [-0.15, -0.1) is 0 Å². The first kappa shape index (κ1) is 8.42. The molecule has 1 heterocycles. The molecule has 2 nitrogen and oxygen atoms in total. The zero-order chi connectivity index (χ0) is 8.23. The van der Waals surface area contributed by atoms with Crippen LogP contribution in [-0.2, 0) is 0 Å². The molecule has 1 N–H and O–H groups in total. The van der Waals surface area contributed by atoms with E-state index in [0.717, 1.165) is 24.1 Å². The molecule has 1 aliphatic carbocycles. The van der Waals surface area contributed by atoms with Gasteiger partial charge in [0.15, 0.2) is 0 Å². The first-order chi connectivity index (χ1) is 5.95. The Labute approximate surface area is 78.2 Å². The fourth-order valence-electron chi connectivity index (χ4n) is 1.80. The summed E-state index contributed by atoms with van der Waals surface area (Å²) < 4.78 is 0. The summed E-state index contributed by atoms with van der Waals surface area (Å²) >= 11 is 2.09. The second kappa shape index (κ2) is 4.17.